The fourth-order valence-corrected chi connectivity index (χ4v) is 5.54. The van der Waals surface area contributed by atoms with E-state index in [-0.39, 0.29) is 18.5 Å². The molecule has 3 rings (SSSR count). The predicted octanol–water partition coefficient (Wildman–Crippen LogP) is 5.95. The molecule has 1 aliphatic rings. The first kappa shape index (κ1) is 33.8. The lowest BCUT2D eigenvalue weighted by Gasteiger charge is -2.35. The third-order valence-corrected chi connectivity index (χ3v) is 6.95. The summed E-state index contributed by atoms with van der Waals surface area (Å²) in [6.45, 7) is 12.5. The number of nitrogens with zero attached hydrogens (tertiary/aromatic N) is 2. The molecular formula is C30H40F3N3O7. The van der Waals surface area contributed by atoms with Crippen LogP contribution in [0.1, 0.15) is 65.6 Å². The van der Waals surface area contributed by atoms with Gasteiger partial charge in [-0.05, 0) is 63.4 Å². The van der Waals surface area contributed by atoms with E-state index >= 15 is 0 Å². The molecule has 0 bridgehead atoms. The number of carbonyl (C=O) groups excluding carboxylic acids is 1. The van der Waals surface area contributed by atoms with Crippen molar-refractivity contribution in [1.29, 1.82) is 0 Å². The van der Waals surface area contributed by atoms with Gasteiger partial charge in [0.05, 0.1) is 25.4 Å². The average Bonchev–Trinajstić information content (AvgIpc) is 3.22. The van der Waals surface area contributed by atoms with Gasteiger partial charge < -0.3 is 29.4 Å². The molecule has 1 amide bonds. The number of alkyl halides is 3. The Kier molecular flexibility index (Phi) is 10.4. The summed E-state index contributed by atoms with van der Waals surface area (Å²) in [6, 6.07) is 4.04. The number of carboxylic acid groups (broad SMARTS) is 1. The molecule has 13 heteroatoms. The van der Waals surface area contributed by atoms with Gasteiger partial charge in [-0.25, -0.2) is 14.6 Å². The van der Waals surface area contributed by atoms with Crippen molar-refractivity contribution >= 4 is 12.1 Å². The van der Waals surface area contributed by atoms with Crippen LogP contribution < -0.4 is 19.5 Å². The quantitative estimate of drug-likeness (QED) is 0.336. The summed E-state index contributed by atoms with van der Waals surface area (Å²) in [7, 11) is 1.38. The van der Waals surface area contributed by atoms with Crippen LogP contribution in [-0.4, -0.2) is 64.8 Å². The normalized spacial score (nSPS) is 20.8. The lowest BCUT2D eigenvalue weighted by atomic mass is 9.72. The van der Waals surface area contributed by atoms with Crippen LogP contribution in [0.3, 0.4) is 0 Å². The Hall–Kier alpha value is -3.74. The van der Waals surface area contributed by atoms with E-state index in [9.17, 15) is 27.9 Å². The number of carboxylic acids is 1. The number of rotatable bonds is 10. The maximum atomic E-state index is 13.7. The van der Waals surface area contributed by atoms with Gasteiger partial charge in [0.1, 0.15) is 17.5 Å². The molecule has 1 aliphatic heterocycles. The summed E-state index contributed by atoms with van der Waals surface area (Å²) in [5, 5.41) is 13.9. The Morgan fingerprint density at radius 2 is 1.77 bits per heavy atom. The smallest absolute Gasteiger partial charge is 0.496 e. The fraction of sp³-hybridized carbons (Fsp3) is 0.567. The summed E-state index contributed by atoms with van der Waals surface area (Å²) >= 11 is 0. The number of carbonyl (C=O) groups is 2. The molecule has 10 nitrogen and oxygen atoms in total. The molecule has 1 saturated heterocycles. The molecule has 4 atom stereocenters. The Balaban J connectivity index is 2.21. The number of pyridine rings is 1. The van der Waals surface area contributed by atoms with E-state index in [1.165, 1.54) is 30.3 Å². The van der Waals surface area contributed by atoms with Crippen molar-refractivity contribution in [2.45, 2.75) is 91.7 Å². The van der Waals surface area contributed by atoms with Gasteiger partial charge in [-0.2, -0.15) is 0 Å². The topological polar surface area (TPSA) is 119 Å². The van der Waals surface area contributed by atoms with Crippen LogP contribution in [-0.2, 0) is 16.1 Å². The third-order valence-electron chi connectivity index (χ3n) is 6.95. The van der Waals surface area contributed by atoms with Crippen molar-refractivity contribution in [3.05, 3.63) is 47.7 Å². The first-order valence-electron chi connectivity index (χ1n) is 13.9. The first-order chi connectivity index (χ1) is 19.9. The summed E-state index contributed by atoms with van der Waals surface area (Å²) < 4.78 is 60.0. The average molecular weight is 612 g/mol. The zero-order valence-corrected chi connectivity index (χ0v) is 25.6. The second kappa shape index (κ2) is 13.3. The van der Waals surface area contributed by atoms with E-state index in [0.29, 0.717) is 16.9 Å². The number of hydrogen-bond donors (Lipinski definition) is 2. The maximum absolute atomic E-state index is 13.7. The van der Waals surface area contributed by atoms with Gasteiger partial charge in [0.15, 0.2) is 0 Å². The minimum absolute atomic E-state index is 0.0496. The molecule has 0 spiro atoms. The van der Waals surface area contributed by atoms with Crippen LogP contribution in [0.5, 0.6) is 17.4 Å². The standard InChI is InChI=1S/C30H40F3N3O7/c1-16(2)41-26-20(10-9-13-34-26)24-23(35-15-18-14-19(43-30(31,32)33)11-12-21(18)40-8)22(29(5,6)7)25(27(37)38)36(24)28(39)42-17(3)4/h9-14,16-17,22-25,35H,15H2,1-8H3,(H,37,38)/t22-,23-,24-,25-/m0/s1. The largest absolute Gasteiger partial charge is 0.573 e. The highest BCUT2D eigenvalue weighted by Crippen LogP contribution is 2.50. The maximum Gasteiger partial charge on any atom is 0.573 e. The van der Waals surface area contributed by atoms with Crippen molar-refractivity contribution in [3.63, 3.8) is 0 Å². The predicted molar refractivity (Wildman–Crippen MR) is 151 cm³/mol. The number of hydrogen-bond acceptors (Lipinski definition) is 8. The molecule has 0 aliphatic carbocycles. The molecule has 2 aromatic rings. The Bertz CT molecular complexity index is 1280. The number of aromatic nitrogens is 1. The van der Waals surface area contributed by atoms with E-state index < -0.39 is 59.7 Å². The highest BCUT2D eigenvalue weighted by Gasteiger charge is 2.59. The fourth-order valence-electron chi connectivity index (χ4n) is 5.54. The summed E-state index contributed by atoms with van der Waals surface area (Å²) in [4.78, 5) is 32.2. The first-order valence-corrected chi connectivity index (χ1v) is 13.9. The van der Waals surface area contributed by atoms with Crippen molar-refractivity contribution in [2.24, 2.45) is 11.3 Å². The summed E-state index contributed by atoms with van der Waals surface area (Å²) in [5.74, 6) is -1.87. The molecule has 1 fully saturated rings. The van der Waals surface area contributed by atoms with Gasteiger partial charge in [-0.1, -0.05) is 20.8 Å². The van der Waals surface area contributed by atoms with E-state index in [1.54, 1.807) is 26.0 Å². The number of aliphatic carboxylic acids is 1. The van der Waals surface area contributed by atoms with Crippen molar-refractivity contribution in [1.82, 2.24) is 15.2 Å². The molecule has 238 valence electrons. The lowest BCUT2D eigenvalue weighted by Crippen LogP contribution is -2.48. The van der Waals surface area contributed by atoms with Crippen molar-refractivity contribution in [2.75, 3.05) is 7.11 Å². The van der Waals surface area contributed by atoms with Crippen molar-refractivity contribution < 1.29 is 46.8 Å². The van der Waals surface area contributed by atoms with Gasteiger partial charge in [0, 0.05) is 35.8 Å². The zero-order chi connectivity index (χ0) is 32.3. The highest BCUT2D eigenvalue weighted by atomic mass is 19.4. The van der Waals surface area contributed by atoms with Crippen LogP contribution in [0.15, 0.2) is 36.5 Å². The van der Waals surface area contributed by atoms with E-state index in [0.717, 1.165) is 6.07 Å². The zero-order valence-electron chi connectivity index (χ0n) is 25.6. The SMILES string of the molecule is COc1ccc(OC(F)(F)F)cc1CN[C@H]1[C@H](C(C)(C)C)[C@@H](C(=O)O)N(C(=O)OC(C)C)[C@H]1c1cccnc1OC(C)C. The second-order valence-corrected chi connectivity index (χ2v) is 12.0. The Morgan fingerprint density at radius 1 is 1.09 bits per heavy atom. The molecule has 2 N–H and O–H groups in total. The second-order valence-electron chi connectivity index (χ2n) is 12.0. The van der Waals surface area contributed by atoms with Crippen LogP contribution >= 0.6 is 0 Å². The summed E-state index contributed by atoms with van der Waals surface area (Å²) in [5.41, 5.74) is 0.0995. The van der Waals surface area contributed by atoms with Crippen LogP contribution in [0.4, 0.5) is 18.0 Å². The van der Waals surface area contributed by atoms with E-state index in [4.69, 9.17) is 14.2 Å². The molecule has 2 heterocycles. The third kappa shape index (κ3) is 8.21. The van der Waals surface area contributed by atoms with E-state index in [1.807, 2.05) is 34.6 Å². The molecule has 1 aromatic carbocycles. The monoisotopic (exact) mass is 611 g/mol. The minimum Gasteiger partial charge on any atom is -0.496 e. The van der Waals surface area contributed by atoms with Gasteiger partial charge in [0.25, 0.3) is 0 Å². The Morgan fingerprint density at radius 3 is 2.30 bits per heavy atom. The molecule has 0 unspecified atom stereocenters. The van der Waals surface area contributed by atoms with Crippen LogP contribution in [0.25, 0.3) is 0 Å². The molecule has 0 radical (unpaired) electrons. The molecule has 0 saturated carbocycles. The molecule has 43 heavy (non-hydrogen) atoms. The van der Waals surface area contributed by atoms with Crippen molar-refractivity contribution in [3.8, 4) is 17.4 Å². The van der Waals surface area contributed by atoms with Crippen LogP contribution in [0, 0.1) is 11.3 Å². The Labute approximate surface area is 249 Å². The van der Waals surface area contributed by atoms with Gasteiger partial charge in [-0.15, -0.1) is 13.2 Å². The lowest BCUT2D eigenvalue weighted by molar-refractivity contribution is -0.274. The van der Waals surface area contributed by atoms with Gasteiger partial charge >= 0.3 is 18.4 Å². The number of amides is 1. The number of methoxy groups -OCH3 is 1. The molecular weight excluding hydrogens is 571 g/mol. The number of benzene rings is 1. The number of nitrogens with one attached hydrogen (secondary N) is 1. The van der Waals surface area contributed by atoms with Crippen LogP contribution in [0.2, 0.25) is 0 Å². The number of likely N-dealkylation sites (tertiary alicyclic amines) is 1. The minimum atomic E-state index is -4.90. The van der Waals surface area contributed by atoms with Gasteiger partial charge in [0.2, 0.25) is 5.88 Å². The van der Waals surface area contributed by atoms with E-state index in [2.05, 4.69) is 15.0 Å². The molecule has 1 aromatic heterocycles. The highest BCUT2D eigenvalue weighted by molar-refractivity contribution is 5.82. The number of ether oxygens (including phenoxy) is 4. The summed E-state index contributed by atoms with van der Waals surface area (Å²) in [6.07, 6.45) is -5.02. The number of halogens is 3. The van der Waals surface area contributed by atoms with Gasteiger partial charge in [-0.3, -0.25) is 4.90 Å².